The highest BCUT2D eigenvalue weighted by Crippen LogP contribution is 2.39. The van der Waals surface area contributed by atoms with E-state index in [-0.39, 0.29) is 11.5 Å². The molecule has 1 heterocycles. The summed E-state index contributed by atoms with van der Waals surface area (Å²) >= 11 is 0. The molecule has 0 aromatic carbocycles. The van der Waals surface area contributed by atoms with Gasteiger partial charge in [0.15, 0.2) is 9.84 Å². The number of nitrogens with two attached hydrogens (primary N) is 1. The SMILES string of the molecule is CC1CCCC(CN)(CN2CCS(=O)(=O)CC2C)C1. The lowest BCUT2D eigenvalue weighted by molar-refractivity contribution is 0.0739. The van der Waals surface area contributed by atoms with Gasteiger partial charge in [-0.3, -0.25) is 4.90 Å². The smallest absolute Gasteiger partial charge is 0.153 e. The summed E-state index contributed by atoms with van der Waals surface area (Å²) in [6.45, 7) is 6.73. The predicted octanol–water partition coefficient (Wildman–Crippen LogP) is 1.26. The molecule has 2 aliphatic rings. The van der Waals surface area contributed by atoms with E-state index in [0.29, 0.717) is 18.1 Å². The van der Waals surface area contributed by atoms with Gasteiger partial charge in [-0.15, -0.1) is 0 Å². The Balaban J connectivity index is 2.02. The first-order valence-corrected chi connectivity index (χ1v) is 9.32. The zero-order chi connectivity index (χ0) is 14.1. The second-order valence-electron chi connectivity index (χ2n) is 6.84. The van der Waals surface area contributed by atoms with E-state index in [4.69, 9.17) is 5.73 Å². The van der Waals surface area contributed by atoms with Crippen molar-refractivity contribution in [2.24, 2.45) is 17.1 Å². The van der Waals surface area contributed by atoms with Crippen LogP contribution in [0.5, 0.6) is 0 Å². The van der Waals surface area contributed by atoms with Gasteiger partial charge in [0.25, 0.3) is 0 Å². The molecule has 0 radical (unpaired) electrons. The van der Waals surface area contributed by atoms with Crippen molar-refractivity contribution in [1.29, 1.82) is 0 Å². The lowest BCUT2D eigenvalue weighted by Gasteiger charge is -2.45. The molecule has 4 nitrogen and oxygen atoms in total. The Kier molecular flexibility index (Phi) is 4.58. The highest BCUT2D eigenvalue weighted by Gasteiger charge is 2.38. The second-order valence-corrected chi connectivity index (χ2v) is 9.07. The zero-order valence-electron chi connectivity index (χ0n) is 12.3. The largest absolute Gasteiger partial charge is 0.330 e. The molecule has 2 fully saturated rings. The van der Waals surface area contributed by atoms with E-state index in [2.05, 4.69) is 11.8 Å². The molecule has 0 amide bonds. The minimum absolute atomic E-state index is 0.138. The van der Waals surface area contributed by atoms with Crippen molar-refractivity contribution in [2.75, 3.05) is 31.1 Å². The van der Waals surface area contributed by atoms with Crippen LogP contribution in [-0.4, -0.2) is 50.5 Å². The first kappa shape index (κ1) is 15.3. The Hall–Kier alpha value is -0.130. The van der Waals surface area contributed by atoms with E-state index in [0.717, 1.165) is 19.0 Å². The van der Waals surface area contributed by atoms with Gasteiger partial charge >= 0.3 is 0 Å². The van der Waals surface area contributed by atoms with Crippen molar-refractivity contribution in [3.63, 3.8) is 0 Å². The van der Waals surface area contributed by atoms with Crippen LogP contribution in [0.15, 0.2) is 0 Å². The van der Waals surface area contributed by atoms with Gasteiger partial charge in [0, 0.05) is 19.1 Å². The Morgan fingerprint density at radius 1 is 1.37 bits per heavy atom. The fraction of sp³-hybridized carbons (Fsp3) is 1.00. The number of hydrogen-bond acceptors (Lipinski definition) is 4. The normalized spacial score (nSPS) is 40.2. The summed E-state index contributed by atoms with van der Waals surface area (Å²) in [5.74, 6) is 1.37. The highest BCUT2D eigenvalue weighted by molar-refractivity contribution is 7.91. The van der Waals surface area contributed by atoms with Crippen molar-refractivity contribution < 1.29 is 8.42 Å². The summed E-state index contributed by atoms with van der Waals surface area (Å²) < 4.78 is 23.3. The molecular weight excluding hydrogens is 260 g/mol. The molecule has 3 unspecified atom stereocenters. The molecule has 112 valence electrons. The summed E-state index contributed by atoms with van der Waals surface area (Å²) in [5.41, 5.74) is 6.29. The first-order chi connectivity index (χ1) is 8.86. The lowest BCUT2D eigenvalue weighted by atomic mass is 9.69. The van der Waals surface area contributed by atoms with Crippen LogP contribution in [0.2, 0.25) is 0 Å². The molecular formula is C14H28N2O2S. The van der Waals surface area contributed by atoms with E-state index >= 15 is 0 Å². The molecule has 1 aliphatic heterocycles. The third-order valence-corrected chi connectivity index (χ3v) is 6.76. The van der Waals surface area contributed by atoms with Crippen LogP contribution in [0.1, 0.15) is 39.5 Å². The van der Waals surface area contributed by atoms with Gasteiger partial charge in [-0.05, 0) is 37.6 Å². The summed E-state index contributed by atoms with van der Waals surface area (Å²) in [6.07, 6.45) is 4.97. The van der Waals surface area contributed by atoms with E-state index in [1.54, 1.807) is 0 Å². The van der Waals surface area contributed by atoms with Crippen molar-refractivity contribution >= 4 is 9.84 Å². The minimum atomic E-state index is -2.82. The van der Waals surface area contributed by atoms with Crippen molar-refractivity contribution in [1.82, 2.24) is 4.90 Å². The molecule has 5 heteroatoms. The van der Waals surface area contributed by atoms with Crippen LogP contribution in [0.3, 0.4) is 0 Å². The maximum atomic E-state index is 11.6. The lowest BCUT2D eigenvalue weighted by Crippen LogP contribution is -2.53. The number of sulfone groups is 1. The molecule has 0 bridgehead atoms. The van der Waals surface area contributed by atoms with Gasteiger partial charge in [0.1, 0.15) is 0 Å². The average Bonchev–Trinajstić information content (AvgIpc) is 2.32. The van der Waals surface area contributed by atoms with Gasteiger partial charge < -0.3 is 5.73 Å². The summed E-state index contributed by atoms with van der Waals surface area (Å²) in [7, 11) is -2.82. The fourth-order valence-electron chi connectivity index (χ4n) is 3.86. The van der Waals surface area contributed by atoms with Gasteiger partial charge in [-0.2, -0.15) is 0 Å². The van der Waals surface area contributed by atoms with E-state index in [9.17, 15) is 8.42 Å². The Bertz CT molecular complexity index is 410. The van der Waals surface area contributed by atoms with E-state index < -0.39 is 9.84 Å². The van der Waals surface area contributed by atoms with Crippen LogP contribution < -0.4 is 5.73 Å². The van der Waals surface area contributed by atoms with Crippen LogP contribution in [0.25, 0.3) is 0 Å². The number of nitrogens with zero attached hydrogens (tertiary/aromatic N) is 1. The maximum Gasteiger partial charge on any atom is 0.153 e. The zero-order valence-corrected chi connectivity index (χ0v) is 13.1. The van der Waals surface area contributed by atoms with Crippen molar-refractivity contribution in [2.45, 2.75) is 45.6 Å². The molecule has 0 aromatic heterocycles. The Morgan fingerprint density at radius 2 is 2.11 bits per heavy atom. The summed E-state index contributed by atoms with van der Waals surface area (Å²) in [6, 6.07) is 0.138. The molecule has 0 aromatic rings. The summed E-state index contributed by atoms with van der Waals surface area (Å²) in [5, 5.41) is 0. The molecule has 0 spiro atoms. The standard InChI is InChI=1S/C14H28N2O2S/c1-12-4-3-5-14(8-12,10-15)11-16-6-7-19(17,18)9-13(16)2/h12-13H,3-11,15H2,1-2H3. The third kappa shape index (κ3) is 3.70. The van der Waals surface area contributed by atoms with Gasteiger partial charge in [-0.25, -0.2) is 8.42 Å². The van der Waals surface area contributed by atoms with Crippen LogP contribution >= 0.6 is 0 Å². The number of hydrogen-bond donors (Lipinski definition) is 1. The van der Waals surface area contributed by atoms with Crippen LogP contribution in [0, 0.1) is 11.3 Å². The van der Waals surface area contributed by atoms with Crippen LogP contribution in [-0.2, 0) is 9.84 Å². The average molecular weight is 288 g/mol. The third-order valence-electron chi connectivity index (χ3n) is 4.97. The van der Waals surface area contributed by atoms with Gasteiger partial charge in [0.2, 0.25) is 0 Å². The maximum absolute atomic E-state index is 11.6. The monoisotopic (exact) mass is 288 g/mol. The van der Waals surface area contributed by atoms with E-state index in [1.807, 2.05) is 6.92 Å². The quantitative estimate of drug-likeness (QED) is 0.849. The topological polar surface area (TPSA) is 63.4 Å². The second kappa shape index (κ2) is 5.70. The summed E-state index contributed by atoms with van der Waals surface area (Å²) in [4.78, 5) is 2.35. The highest BCUT2D eigenvalue weighted by atomic mass is 32.2. The molecule has 2 rings (SSSR count). The minimum Gasteiger partial charge on any atom is -0.330 e. The Morgan fingerprint density at radius 3 is 2.68 bits per heavy atom. The van der Waals surface area contributed by atoms with Crippen molar-refractivity contribution in [3.8, 4) is 0 Å². The Labute approximate surface area is 117 Å². The number of rotatable bonds is 3. The predicted molar refractivity (Wildman–Crippen MR) is 78.8 cm³/mol. The fourth-order valence-corrected chi connectivity index (χ4v) is 5.49. The van der Waals surface area contributed by atoms with Gasteiger partial charge in [0.05, 0.1) is 11.5 Å². The first-order valence-electron chi connectivity index (χ1n) is 7.50. The van der Waals surface area contributed by atoms with Crippen LogP contribution in [0.4, 0.5) is 0 Å². The molecule has 3 atom stereocenters. The molecule has 1 saturated heterocycles. The van der Waals surface area contributed by atoms with Crippen molar-refractivity contribution in [3.05, 3.63) is 0 Å². The molecule has 19 heavy (non-hydrogen) atoms. The molecule has 1 saturated carbocycles. The van der Waals surface area contributed by atoms with E-state index in [1.165, 1.54) is 25.7 Å². The van der Waals surface area contributed by atoms with Gasteiger partial charge in [-0.1, -0.05) is 19.8 Å². The molecule has 2 N–H and O–H groups in total. The molecule has 1 aliphatic carbocycles.